The molecule has 24 heavy (non-hydrogen) atoms. The van der Waals surface area contributed by atoms with Crippen molar-refractivity contribution in [2.75, 3.05) is 18.8 Å². The van der Waals surface area contributed by atoms with E-state index in [9.17, 15) is 19.7 Å². The Balaban J connectivity index is 2.03. The molecule has 1 fully saturated rings. The highest BCUT2D eigenvalue weighted by Crippen LogP contribution is 2.32. The van der Waals surface area contributed by atoms with E-state index in [-0.39, 0.29) is 34.8 Å². The third-order valence-corrected chi connectivity index (χ3v) is 5.11. The van der Waals surface area contributed by atoms with Crippen LogP contribution in [0.25, 0.3) is 0 Å². The number of carbonyl (C=O) groups is 2. The largest absolute Gasteiger partial charge is 0.481 e. The molecule has 0 aliphatic carbocycles. The normalized spacial score (nSPS) is 20.7. The van der Waals surface area contributed by atoms with Crippen LogP contribution in [-0.2, 0) is 9.59 Å². The molecule has 130 valence electrons. The minimum atomic E-state index is -0.902. The summed E-state index contributed by atoms with van der Waals surface area (Å²) < 4.78 is 0. The summed E-state index contributed by atoms with van der Waals surface area (Å²) in [5.74, 6) is -1.56. The third-order valence-electron chi connectivity index (χ3n) is 3.83. The molecule has 1 aromatic rings. The molecule has 0 radical (unpaired) electrons. The first-order valence-electron chi connectivity index (χ1n) is 7.35. The van der Waals surface area contributed by atoms with Gasteiger partial charge in [-0.25, -0.2) is 0 Å². The van der Waals surface area contributed by atoms with Crippen LogP contribution in [0.1, 0.15) is 13.3 Å². The number of aliphatic carboxylic acids is 1. The fourth-order valence-corrected chi connectivity index (χ4v) is 3.79. The van der Waals surface area contributed by atoms with Crippen LogP contribution < -0.4 is 0 Å². The SMILES string of the molecule is CC1CC(C(=O)O)CN(C(=O)CSc2ccc(Cl)cc2[N+](=O)[O-])C1. The van der Waals surface area contributed by atoms with Gasteiger partial charge < -0.3 is 10.0 Å². The fourth-order valence-electron chi connectivity index (χ4n) is 2.72. The number of nitrogens with zero attached hydrogens (tertiary/aromatic N) is 2. The minimum Gasteiger partial charge on any atom is -0.481 e. The minimum absolute atomic E-state index is 0.0154. The number of hydrogen-bond donors (Lipinski definition) is 1. The second-order valence-electron chi connectivity index (χ2n) is 5.83. The molecule has 0 spiro atoms. The maximum atomic E-state index is 12.3. The van der Waals surface area contributed by atoms with Crippen molar-refractivity contribution in [3.63, 3.8) is 0 Å². The zero-order valence-electron chi connectivity index (χ0n) is 13.0. The monoisotopic (exact) mass is 372 g/mol. The van der Waals surface area contributed by atoms with Crippen molar-refractivity contribution in [3.8, 4) is 0 Å². The predicted molar refractivity (Wildman–Crippen MR) is 90.3 cm³/mol. The van der Waals surface area contributed by atoms with Gasteiger partial charge in [0.25, 0.3) is 5.69 Å². The zero-order valence-corrected chi connectivity index (χ0v) is 14.5. The van der Waals surface area contributed by atoms with Gasteiger partial charge in [0.1, 0.15) is 0 Å². The summed E-state index contributed by atoms with van der Waals surface area (Å²) in [7, 11) is 0. The number of carbonyl (C=O) groups excluding carboxylic acids is 1. The van der Waals surface area contributed by atoms with Crippen molar-refractivity contribution in [3.05, 3.63) is 33.3 Å². The number of rotatable bonds is 5. The molecule has 0 aromatic heterocycles. The Bertz CT molecular complexity index is 669. The molecule has 0 saturated carbocycles. The molecule has 9 heteroatoms. The lowest BCUT2D eigenvalue weighted by Crippen LogP contribution is -2.46. The highest BCUT2D eigenvalue weighted by atomic mass is 35.5. The summed E-state index contributed by atoms with van der Waals surface area (Å²) >= 11 is 6.82. The molecule has 0 bridgehead atoms. The van der Waals surface area contributed by atoms with E-state index in [2.05, 4.69) is 0 Å². The van der Waals surface area contributed by atoms with Gasteiger partial charge in [-0.05, 0) is 24.5 Å². The topological polar surface area (TPSA) is 101 Å². The lowest BCUT2D eigenvalue weighted by atomic mass is 9.90. The third kappa shape index (κ3) is 4.61. The summed E-state index contributed by atoms with van der Waals surface area (Å²) in [6.45, 7) is 2.60. The lowest BCUT2D eigenvalue weighted by molar-refractivity contribution is -0.387. The van der Waals surface area contributed by atoms with E-state index in [1.165, 1.54) is 23.1 Å². The number of nitro benzene ring substituents is 1. The van der Waals surface area contributed by atoms with Crippen LogP contribution in [0.3, 0.4) is 0 Å². The quantitative estimate of drug-likeness (QED) is 0.484. The van der Waals surface area contributed by atoms with Crippen LogP contribution in [0.2, 0.25) is 5.02 Å². The van der Waals surface area contributed by atoms with Gasteiger partial charge in [-0.3, -0.25) is 19.7 Å². The molecule has 7 nitrogen and oxygen atoms in total. The Labute approximate surface area is 148 Å². The highest BCUT2D eigenvalue weighted by Gasteiger charge is 2.32. The van der Waals surface area contributed by atoms with E-state index in [0.717, 1.165) is 11.8 Å². The number of amides is 1. The van der Waals surface area contributed by atoms with Gasteiger partial charge in [-0.2, -0.15) is 0 Å². The Morgan fingerprint density at radius 2 is 2.17 bits per heavy atom. The maximum absolute atomic E-state index is 12.3. The van der Waals surface area contributed by atoms with Gasteiger partial charge in [0.2, 0.25) is 5.91 Å². The number of carboxylic acid groups (broad SMARTS) is 1. The van der Waals surface area contributed by atoms with E-state index in [4.69, 9.17) is 16.7 Å². The average Bonchev–Trinajstić information content (AvgIpc) is 2.52. The van der Waals surface area contributed by atoms with E-state index in [1.54, 1.807) is 0 Å². The highest BCUT2D eigenvalue weighted by molar-refractivity contribution is 8.00. The molecule has 1 N–H and O–H groups in total. The van der Waals surface area contributed by atoms with Crippen molar-refractivity contribution < 1.29 is 19.6 Å². The van der Waals surface area contributed by atoms with Crippen LogP contribution in [-0.4, -0.2) is 45.6 Å². The molecule has 1 amide bonds. The molecule has 1 aliphatic heterocycles. The van der Waals surface area contributed by atoms with Gasteiger partial charge in [0.15, 0.2) is 0 Å². The van der Waals surface area contributed by atoms with Crippen LogP contribution in [0, 0.1) is 22.0 Å². The number of likely N-dealkylation sites (tertiary alicyclic amines) is 1. The second-order valence-corrected chi connectivity index (χ2v) is 7.29. The number of nitro groups is 1. The van der Waals surface area contributed by atoms with Gasteiger partial charge in [-0.15, -0.1) is 11.8 Å². The molecule has 1 saturated heterocycles. The summed E-state index contributed by atoms with van der Waals surface area (Å²) in [6.07, 6.45) is 0.551. The van der Waals surface area contributed by atoms with Crippen molar-refractivity contribution in [1.29, 1.82) is 0 Å². The lowest BCUT2D eigenvalue weighted by Gasteiger charge is -2.34. The standard InChI is InChI=1S/C15H17ClN2O5S/c1-9-4-10(15(20)21)7-17(6-9)14(19)8-24-13-3-2-11(16)5-12(13)18(22)23/h2-3,5,9-10H,4,6-8H2,1H3,(H,20,21). The summed E-state index contributed by atoms with van der Waals surface area (Å²) in [6, 6.07) is 4.29. The smallest absolute Gasteiger partial charge is 0.308 e. The number of hydrogen-bond acceptors (Lipinski definition) is 5. The molecular weight excluding hydrogens is 356 g/mol. The Morgan fingerprint density at radius 1 is 1.46 bits per heavy atom. The zero-order chi connectivity index (χ0) is 17.9. The fraction of sp³-hybridized carbons (Fsp3) is 0.467. The Morgan fingerprint density at radius 3 is 2.79 bits per heavy atom. The van der Waals surface area contributed by atoms with E-state index in [1.807, 2.05) is 6.92 Å². The van der Waals surface area contributed by atoms with Crippen LogP contribution in [0.15, 0.2) is 23.1 Å². The molecule has 1 heterocycles. The van der Waals surface area contributed by atoms with Crippen LogP contribution in [0.4, 0.5) is 5.69 Å². The summed E-state index contributed by atoms with van der Waals surface area (Å²) in [4.78, 5) is 35.9. The molecule has 1 aliphatic rings. The van der Waals surface area contributed by atoms with Gasteiger partial charge in [0.05, 0.1) is 21.5 Å². The Hall–Kier alpha value is -1.80. The van der Waals surface area contributed by atoms with Crippen molar-refractivity contribution in [1.82, 2.24) is 4.90 Å². The molecule has 2 unspecified atom stereocenters. The number of piperidine rings is 1. The predicted octanol–water partition coefficient (Wildman–Crippen LogP) is 2.91. The van der Waals surface area contributed by atoms with Crippen molar-refractivity contribution in [2.45, 2.75) is 18.2 Å². The van der Waals surface area contributed by atoms with Gasteiger partial charge in [0, 0.05) is 24.2 Å². The summed E-state index contributed by atoms with van der Waals surface area (Å²) in [5.41, 5.74) is -0.143. The number of benzene rings is 1. The van der Waals surface area contributed by atoms with Gasteiger partial charge in [-0.1, -0.05) is 18.5 Å². The molecule has 2 rings (SSSR count). The molecule has 1 aromatic carbocycles. The number of thioether (sulfide) groups is 1. The van der Waals surface area contributed by atoms with Crippen LogP contribution >= 0.6 is 23.4 Å². The first-order valence-corrected chi connectivity index (χ1v) is 8.71. The molecule has 2 atom stereocenters. The van der Waals surface area contributed by atoms with Gasteiger partial charge >= 0.3 is 5.97 Å². The number of halogens is 1. The second kappa shape index (κ2) is 7.85. The molecular formula is C15H17ClN2O5S. The maximum Gasteiger partial charge on any atom is 0.308 e. The van der Waals surface area contributed by atoms with E-state index < -0.39 is 16.8 Å². The van der Waals surface area contributed by atoms with Crippen LogP contribution in [0.5, 0.6) is 0 Å². The Kier molecular flexibility index (Phi) is 6.06. The average molecular weight is 373 g/mol. The van der Waals surface area contributed by atoms with E-state index in [0.29, 0.717) is 17.9 Å². The first kappa shape index (κ1) is 18.5. The number of carboxylic acids is 1. The van der Waals surface area contributed by atoms with Crippen molar-refractivity contribution >= 4 is 40.9 Å². The van der Waals surface area contributed by atoms with E-state index >= 15 is 0 Å². The summed E-state index contributed by atoms with van der Waals surface area (Å²) in [5, 5.41) is 20.5. The first-order chi connectivity index (χ1) is 11.3. The van der Waals surface area contributed by atoms with Crippen molar-refractivity contribution in [2.24, 2.45) is 11.8 Å².